The van der Waals surface area contributed by atoms with Gasteiger partial charge in [0.1, 0.15) is 17.6 Å². The summed E-state index contributed by atoms with van der Waals surface area (Å²) in [5.74, 6) is -0.293. The van der Waals surface area contributed by atoms with Crippen molar-refractivity contribution in [2.75, 3.05) is 7.11 Å². The molecule has 0 saturated heterocycles. The number of hydrogen-bond acceptors (Lipinski definition) is 4. The van der Waals surface area contributed by atoms with Crippen molar-refractivity contribution in [2.24, 2.45) is 0 Å². The van der Waals surface area contributed by atoms with E-state index >= 15 is 0 Å². The second-order valence-corrected chi connectivity index (χ2v) is 8.56. The smallest absolute Gasteiger partial charge is 0.290 e. The molecule has 2 amide bonds. The second kappa shape index (κ2) is 11.0. The molecule has 1 saturated carbocycles. The molecule has 4 rings (SSSR count). The molecule has 1 heterocycles. The van der Waals surface area contributed by atoms with Crippen molar-refractivity contribution in [1.29, 1.82) is 0 Å². The average Bonchev–Trinajstić information content (AvgIpc) is 3.40. The van der Waals surface area contributed by atoms with Gasteiger partial charge in [-0.15, -0.1) is 0 Å². The molecule has 0 spiro atoms. The number of carbonyl (C=O) groups is 2. The molecule has 7 heteroatoms. The van der Waals surface area contributed by atoms with E-state index in [1.165, 1.54) is 23.3 Å². The first-order valence-electron chi connectivity index (χ1n) is 11.6. The number of nitrogens with one attached hydrogen (secondary N) is 1. The Morgan fingerprint density at radius 2 is 1.76 bits per heavy atom. The molecule has 0 bridgehead atoms. The van der Waals surface area contributed by atoms with Crippen molar-refractivity contribution in [3.05, 3.63) is 89.6 Å². The van der Waals surface area contributed by atoms with E-state index in [2.05, 4.69) is 5.32 Å². The lowest BCUT2D eigenvalue weighted by molar-refractivity contribution is -0.127. The maximum absolute atomic E-state index is 13.7. The van der Waals surface area contributed by atoms with Crippen LogP contribution in [0.5, 0.6) is 5.75 Å². The van der Waals surface area contributed by atoms with E-state index in [0.717, 1.165) is 37.7 Å². The molecular weight excluding hydrogens is 435 g/mol. The predicted molar refractivity (Wildman–Crippen MR) is 126 cm³/mol. The minimum Gasteiger partial charge on any atom is -0.497 e. The Morgan fingerprint density at radius 1 is 1.06 bits per heavy atom. The summed E-state index contributed by atoms with van der Waals surface area (Å²) in [6, 6.07) is 15.3. The number of hydrogen-bond donors (Lipinski definition) is 1. The van der Waals surface area contributed by atoms with E-state index in [1.807, 2.05) is 12.1 Å². The molecule has 3 aromatic rings. The predicted octanol–water partition coefficient (Wildman–Crippen LogP) is 5.26. The highest BCUT2D eigenvalue weighted by molar-refractivity contribution is 5.96. The van der Waals surface area contributed by atoms with Crippen molar-refractivity contribution < 1.29 is 23.1 Å². The van der Waals surface area contributed by atoms with Gasteiger partial charge < -0.3 is 19.4 Å². The first-order chi connectivity index (χ1) is 16.5. The zero-order valence-corrected chi connectivity index (χ0v) is 19.2. The Bertz CT molecular complexity index is 1070. The third kappa shape index (κ3) is 5.65. The Labute approximate surface area is 198 Å². The fraction of sp³-hybridized carbons (Fsp3) is 0.333. The lowest BCUT2D eigenvalue weighted by Gasteiger charge is -2.33. The summed E-state index contributed by atoms with van der Waals surface area (Å²) in [6.07, 6.45) is 6.53. The highest BCUT2D eigenvalue weighted by Gasteiger charge is 2.34. The molecule has 6 nitrogen and oxygen atoms in total. The average molecular weight is 465 g/mol. The van der Waals surface area contributed by atoms with Crippen LogP contribution < -0.4 is 10.1 Å². The van der Waals surface area contributed by atoms with Gasteiger partial charge in [-0.05, 0) is 60.4 Å². The number of halogens is 1. The molecule has 1 N–H and O–H groups in total. The monoisotopic (exact) mass is 464 g/mol. The number of rotatable bonds is 8. The normalized spacial score (nSPS) is 14.9. The molecule has 1 aliphatic rings. The van der Waals surface area contributed by atoms with Crippen LogP contribution in [0, 0.1) is 5.82 Å². The summed E-state index contributed by atoms with van der Waals surface area (Å²) in [5, 5.41) is 3.14. The Balaban J connectivity index is 1.71. The quantitative estimate of drug-likeness (QED) is 0.494. The van der Waals surface area contributed by atoms with E-state index in [4.69, 9.17) is 9.15 Å². The number of ether oxygens (including phenoxy) is 1. The lowest BCUT2D eigenvalue weighted by atomic mass is 9.94. The van der Waals surface area contributed by atoms with Gasteiger partial charge in [0.05, 0.1) is 13.4 Å². The third-order valence-electron chi connectivity index (χ3n) is 6.20. The van der Waals surface area contributed by atoms with Gasteiger partial charge in [-0.25, -0.2) is 4.39 Å². The fourth-order valence-electron chi connectivity index (χ4n) is 4.39. The third-order valence-corrected chi connectivity index (χ3v) is 6.20. The van der Waals surface area contributed by atoms with Crippen molar-refractivity contribution >= 4 is 11.8 Å². The molecule has 1 aliphatic carbocycles. The van der Waals surface area contributed by atoms with Crippen LogP contribution in [0.2, 0.25) is 0 Å². The van der Waals surface area contributed by atoms with Gasteiger partial charge in [0.2, 0.25) is 5.91 Å². The zero-order valence-electron chi connectivity index (χ0n) is 19.2. The van der Waals surface area contributed by atoms with E-state index in [0.29, 0.717) is 11.3 Å². The maximum Gasteiger partial charge on any atom is 0.290 e. The van der Waals surface area contributed by atoms with Gasteiger partial charge in [-0.3, -0.25) is 9.59 Å². The summed E-state index contributed by atoms with van der Waals surface area (Å²) < 4.78 is 24.3. The topological polar surface area (TPSA) is 71.8 Å². The first kappa shape index (κ1) is 23.5. The zero-order chi connectivity index (χ0) is 23.9. The molecule has 178 valence electrons. The van der Waals surface area contributed by atoms with Crippen LogP contribution in [0.15, 0.2) is 71.3 Å². The van der Waals surface area contributed by atoms with E-state index in [-0.39, 0.29) is 24.3 Å². The van der Waals surface area contributed by atoms with E-state index in [9.17, 15) is 14.0 Å². The minimum atomic E-state index is -0.956. The number of benzene rings is 2. The van der Waals surface area contributed by atoms with Crippen LogP contribution in [-0.2, 0) is 11.3 Å². The number of furan rings is 1. The SMILES string of the molecule is COc1ccc(CN(C(=O)c2ccco2)[C@@H](C(=O)NC2CCCCC2)c2ccc(F)cc2)cc1. The molecule has 0 aliphatic heterocycles. The molecule has 34 heavy (non-hydrogen) atoms. The summed E-state index contributed by atoms with van der Waals surface area (Å²) in [4.78, 5) is 28.7. The van der Waals surface area contributed by atoms with Gasteiger partial charge in [0.15, 0.2) is 5.76 Å². The molecule has 1 atom stereocenters. The summed E-state index contributed by atoms with van der Waals surface area (Å²) >= 11 is 0. The molecule has 2 aromatic carbocycles. The van der Waals surface area contributed by atoms with Crippen molar-refractivity contribution in [3.8, 4) is 5.75 Å². The van der Waals surface area contributed by atoms with E-state index in [1.54, 1.807) is 43.5 Å². The molecule has 0 radical (unpaired) electrons. The standard InChI is InChI=1S/C27H29FN2O4/c1-33-23-15-9-19(10-16-23)18-30(27(32)24-8-5-17-34-24)25(20-11-13-21(28)14-12-20)26(31)29-22-6-3-2-4-7-22/h5,8-17,22,25H,2-4,6-7,18H2,1H3,(H,29,31)/t25-/m1/s1. The number of methoxy groups -OCH3 is 1. The summed E-state index contributed by atoms with van der Waals surface area (Å²) in [5.41, 5.74) is 1.35. The summed E-state index contributed by atoms with van der Waals surface area (Å²) in [7, 11) is 1.59. The van der Waals surface area contributed by atoms with Crippen molar-refractivity contribution in [2.45, 2.75) is 50.7 Å². The van der Waals surface area contributed by atoms with Crippen LogP contribution in [0.1, 0.15) is 59.8 Å². The van der Waals surface area contributed by atoms with Crippen molar-refractivity contribution in [1.82, 2.24) is 10.2 Å². The minimum absolute atomic E-state index is 0.0609. The van der Waals surface area contributed by atoms with Crippen LogP contribution in [0.25, 0.3) is 0 Å². The number of nitrogens with zero attached hydrogens (tertiary/aromatic N) is 1. The number of amides is 2. The van der Waals surface area contributed by atoms with E-state index < -0.39 is 17.8 Å². The first-order valence-corrected chi connectivity index (χ1v) is 11.6. The highest BCUT2D eigenvalue weighted by Crippen LogP contribution is 2.28. The fourth-order valence-corrected chi connectivity index (χ4v) is 4.39. The number of carbonyl (C=O) groups excluding carboxylic acids is 2. The van der Waals surface area contributed by atoms with Gasteiger partial charge in [-0.1, -0.05) is 43.5 Å². The van der Waals surface area contributed by atoms with Gasteiger partial charge >= 0.3 is 0 Å². The lowest BCUT2D eigenvalue weighted by Crippen LogP contribution is -2.46. The second-order valence-electron chi connectivity index (χ2n) is 8.56. The van der Waals surface area contributed by atoms with Crippen LogP contribution in [0.4, 0.5) is 4.39 Å². The Hall–Kier alpha value is -3.61. The highest BCUT2D eigenvalue weighted by atomic mass is 19.1. The largest absolute Gasteiger partial charge is 0.497 e. The van der Waals surface area contributed by atoms with Gasteiger partial charge in [0.25, 0.3) is 5.91 Å². The molecule has 1 fully saturated rings. The molecule has 0 unspecified atom stereocenters. The van der Waals surface area contributed by atoms with Crippen LogP contribution in [0.3, 0.4) is 0 Å². The van der Waals surface area contributed by atoms with Crippen LogP contribution >= 0.6 is 0 Å². The van der Waals surface area contributed by atoms with Crippen molar-refractivity contribution in [3.63, 3.8) is 0 Å². The molecular formula is C27H29FN2O4. The molecule has 1 aromatic heterocycles. The maximum atomic E-state index is 13.7. The van der Waals surface area contributed by atoms with Gasteiger partial charge in [0, 0.05) is 12.6 Å². The Kier molecular flexibility index (Phi) is 7.62. The van der Waals surface area contributed by atoms with Crippen LogP contribution in [-0.4, -0.2) is 29.9 Å². The Morgan fingerprint density at radius 3 is 2.38 bits per heavy atom. The van der Waals surface area contributed by atoms with Gasteiger partial charge in [-0.2, -0.15) is 0 Å². The summed E-state index contributed by atoms with van der Waals surface area (Å²) in [6.45, 7) is 0.156.